The molecule has 0 radical (unpaired) electrons. The average Bonchev–Trinajstić information content (AvgIpc) is 2.94. The Hall–Kier alpha value is -1.82. The van der Waals surface area contributed by atoms with Crippen molar-refractivity contribution in [2.24, 2.45) is 7.05 Å². The summed E-state index contributed by atoms with van der Waals surface area (Å²) in [5.41, 5.74) is -0.185. The predicted octanol–water partition coefficient (Wildman–Crippen LogP) is 3.22. The van der Waals surface area contributed by atoms with Crippen LogP contribution in [0.15, 0.2) is 24.5 Å². The molecular weight excluding hydrogens is 291 g/mol. The van der Waals surface area contributed by atoms with Gasteiger partial charge in [-0.1, -0.05) is 0 Å². The maximum atomic E-state index is 13.7. The van der Waals surface area contributed by atoms with Crippen LogP contribution in [0, 0.1) is 17.5 Å². The van der Waals surface area contributed by atoms with E-state index in [2.05, 4.69) is 4.98 Å². The maximum absolute atomic E-state index is 13.7. The molecule has 0 spiro atoms. The number of benzene rings is 1. The number of hydrogen-bond donors (Lipinski definition) is 0. The van der Waals surface area contributed by atoms with Gasteiger partial charge < -0.3 is 4.57 Å². The zero-order valence-electron chi connectivity index (χ0n) is 12.4. The van der Waals surface area contributed by atoms with Crippen LogP contribution in [-0.2, 0) is 13.6 Å². The second-order valence-electron chi connectivity index (χ2n) is 5.77. The molecule has 118 valence electrons. The van der Waals surface area contributed by atoms with Crippen LogP contribution < -0.4 is 0 Å². The summed E-state index contributed by atoms with van der Waals surface area (Å²) in [6.07, 6.45) is 5.45. The lowest BCUT2D eigenvalue weighted by atomic mass is 9.95. The molecule has 6 heteroatoms. The highest BCUT2D eigenvalue weighted by Crippen LogP contribution is 2.28. The highest BCUT2D eigenvalue weighted by molar-refractivity contribution is 5.21. The first kappa shape index (κ1) is 15.1. The fourth-order valence-corrected chi connectivity index (χ4v) is 3.06. The number of likely N-dealkylation sites (tertiary alicyclic amines) is 1. The van der Waals surface area contributed by atoms with E-state index in [4.69, 9.17) is 0 Å². The van der Waals surface area contributed by atoms with Crippen molar-refractivity contribution in [1.82, 2.24) is 14.5 Å². The number of rotatable bonds is 3. The van der Waals surface area contributed by atoms with E-state index in [1.54, 1.807) is 6.20 Å². The standard InChI is InChI=1S/C16H18F3N3/c1-21-9-6-20-16(21)11-4-7-22(8-5-11)10-12-13(17)2-3-14(18)15(12)19/h2-3,6,9,11H,4-5,7-8,10H2,1H3. The van der Waals surface area contributed by atoms with Gasteiger partial charge in [0.05, 0.1) is 0 Å². The van der Waals surface area contributed by atoms with Gasteiger partial charge in [-0.2, -0.15) is 0 Å². The Morgan fingerprint density at radius 3 is 2.45 bits per heavy atom. The molecule has 3 nitrogen and oxygen atoms in total. The van der Waals surface area contributed by atoms with Crippen LogP contribution in [0.3, 0.4) is 0 Å². The summed E-state index contributed by atoms with van der Waals surface area (Å²) in [5, 5.41) is 0. The number of hydrogen-bond acceptors (Lipinski definition) is 2. The van der Waals surface area contributed by atoms with Crippen molar-refractivity contribution in [3.63, 3.8) is 0 Å². The third kappa shape index (κ3) is 2.88. The molecule has 0 bridgehead atoms. The van der Waals surface area contributed by atoms with E-state index in [0.29, 0.717) is 19.0 Å². The van der Waals surface area contributed by atoms with Gasteiger partial charge in [-0.05, 0) is 38.1 Å². The second-order valence-corrected chi connectivity index (χ2v) is 5.77. The van der Waals surface area contributed by atoms with E-state index < -0.39 is 17.5 Å². The van der Waals surface area contributed by atoms with Gasteiger partial charge in [-0.15, -0.1) is 0 Å². The third-order valence-corrected chi connectivity index (χ3v) is 4.33. The highest BCUT2D eigenvalue weighted by Gasteiger charge is 2.25. The zero-order chi connectivity index (χ0) is 15.7. The molecule has 2 aromatic rings. The van der Waals surface area contributed by atoms with E-state index in [1.165, 1.54) is 0 Å². The number of imidazole rings is 1. The fourth-order valence-electron chi connectivity index (χ4n) is 3.06. The van der Waals surface area contributed by atoms with Crippen LogP contribution in [0.1, 0.15) is 30.1 Å². The van der Waals surface area contributed by atoms with Crippen LogP contribution in [-0.4, -0.2) is 27.5 Å². The molecule has 0 amide bonds. The minimum absolute atomic E-state index is 0.0999. The van der Waals surface area contributed by atoms with Crippen LogP contribution in [0.25, 0.3) is 0 Å². The van der Waals surface area contributed by atoms with Gasteiger partial charge in [0.15, 0.2) is 11.6 Å². The first-order valence-corrected chi connectivity index (χ1v) is 7.38. The Labute approximate surface area is 127 Å². The Morgan fingerprint density at radius 2 is 1.82 bits per heavy atom. The monoisotopic (exact) mass is 309 g/mol. The van der Waals surface area contributed by atoms with Crippen molar-refractivity contribution in [1.29, 1.82) is 0 Å². The van der Waals surface area contributed by atoms with Gasteiger partial charge in [-0.25, -0.2) is 18.2 Å². The molecule has 3 rings (SSSR count). The predicted molar refractivity (Wildman–Crippen MR) is 76.8 cm³/mol. The van der Waals surface area contributed by atoms with Crippen LogP contribution in [0.4, 0.5) is 13.2 Å². The smallest absolute Gasteiger partial charge is 0.166 e. The van der Waals surface area contributed by atoms with Gasteiger partial charge in [0.25, 0.3) is 0 Å². The van der Waals surface area contributed by atoms with Gasteiger partial charge in [-0.3, -0.25) is 4.90 Å². The molecule has 1 aliphatic heterocycles. The number of piperidine rings is 1. The molecule has 22 heavy (non-hydrogen) atoms. The topological polar surface area (TPSA) is 21.1 Å². The van der Waals surface area contributed by atoms with Crippen molar-refractivity contribution >= 4 is 0 Å². The summed E-state index contributed by atoms with van der Waals surface area (Å²) in [5.74, 6) is -1.36. The normalized spacial score (nSPS) is 17.1. The van der Waals surface area contributed by atoms with Gasteiger partial charge >= 0.3 is 0 Å². The van der Waals surface area contributed by atoms with E-state index in [1.807, 2.05) is 22.7 Å². The van der Waals surface area contributed by atoms with Crippen LogP contribution >= 0.6 is 0 Å². The molecule has 0 atom stereocenters. The van der Waals surface area contributed by atoms with Crippen LogP contribution in [0.2, 0.25) is 0 Å². The Kier molecular flexibility index (Phi) is 4.20. The van der Waals surface area contributed by atoms with E-state index in [9.17, 15) is 13.2 Å². The molecule has 1 saturated heterocycles. The van der Waals surface area contributed by atoms with Gasteiger partial charge in [0.2, 0.25) is 0 Å². The van der Waals surface area contributed by atoms with E-state index >= 15 is 0 Å². The molecule has 2 heterocycles. The Balaban J connectivity index is 1.66. The number of halogens is 3. The molecule has 0 N–H and O–H groups in total. The number of aromatic nitrogens is 2. The first-order chi connectivity index (χ1) is 10.6. The molecule has 0 unspecified atom stereocenters. The lowest BCUT2D eigenvalue weighted by Gasteiger charge is -2.31. The van der Waals surface area contributed by atoms with E-state index in [0.717, 1.165) is 30.8 Å². The number of nitrogens with zero attached hydrogens (tertiary/aromatic N) is 3. The molecule has 1 aromatic heterocycles. The summed E-state index contributed by atoms with van der Waals surface area (Å²) < 4.78 is 42.6. The fraction of sp³-hybridized carbons (Fsp3) is 0.438. The first-order valence-electron chi connectivity index (χ1n) is 7.38. The summed E-state index contributed by atoms with van der Waals surface area (Å²) in [4.78, 5) is 6.32. The minimum atomic E-state index is -1.08. The molecule has 1 aliphatic rings. The van der Waals surface area contributed by atoms with Crippen molar-refractivity contribution in [3.8, 4) is 0 Å². The van der Waals surface area contributed by atoms with Crippen molar-refractivity contribution in [2.75, 3.05) is 13.1 Å². The van der Waals surface area contributed by atoms with Crippen molar-refractivity contribution < 1.29 is 13.2 Å². The van der Waals surface area contributed by atoms with Crippen molar-refractivity contribution in [2.45, 2.75) is 25.3 Å². The Bertz CT molecular complexity index is 661. The summed E-state index contributed by atoms with van der Waals surface area (Å²) >= 11 is 0. The average molecular weight is 309 g/mol. The van der Waals surface area contributed by atoms with Crippen LogP contribution in [0.5, 0.6) is 0 Å². The largest absolute Gasteiger partial charge is 0.338 e. The molecule has 0 aliphatic carbocycles. The lowest BCUT2D eigenvalue weighted by Crippen LogP contribution is -2.33. The van der Waals surface area contributed by atoms with Gasteiger partial charge in [0, 0.05) is 37.5 Å². The summed E-state index contributed by atoms with van der Waals surface area (Å²) in [7, 11) is 1.96. The zero-order valence-corrected chi connectivity index (χ0v) is 12.4. The molecule has 0 saturated carbocycles. The van der Waals surface area contributed by atoms with Gasteiger partial charge in [0.1, 0.15) is 11.6 Å². The quantitative estimate of drug-likeness (QED) is 0.812. The third-order valence-electron chi connectivity index (χ3n) is 4.33. The SMILES string of the molecule is Cn1ccnc1C1CCN(Cc2c(F)ccc(F)c2F)CC1. The summed E-state index contributed by atoms with van der Waals surface area (Å²) in [6.45, 7) is 1.53. The minimum Gasteiger partial charge on any atom is -0.338 e. The van der Waals surface area contributed by atoms with Crippen molar-refractivity contribution in [3.05, 3.63) is 53.4 Å². The molecular formula is C16H18F3N3. The molecule has 1 fully saturated rings. The van der Waals surface area contributed by atoms with E-state index in [-0.39, 0.29) is 12.1 Å². The summed E-state index contributed by atoms with van der Waals surface area (Å²) in [6, 6.07) is 1.80. The number of aryl methyl sites for hydroxylation is 1. The lowest BCUT2D eigenvalue weighted by molar-refractivity contribution is 0.195. The molecule has 1 aromatic carbocycles. The highest BCUT2D eigenvalue weighted by atomic mass is 19.2. The second kappa shape index (κ2) is 6.12. The Morgan fingerprint density at radius 1 is 1.14 bits per heavy atom. The maximum Gasteiger partial charge on any atom is 0.166 e.